The number of anilines is 2. The first kappa shape index (κ1) is 14.5. The molecule has 1 fully saturated rings. The normalized spacial score (nSPS) is 15.0. The molecule has 0 bridgehead atoms. The Morgan fingerprint density at radius 3 is 2.60 bits per heavy atom. The number of rotatable bonds is 4. The van der Waals surface area contributed by atoms with E-state index in [9.17, 15) is 18.0 Å². The van der Waals surface area contributed by atoms with Crippen LogP contribution in [0.1, 0.15) is 23.2 Å². The molecule has 0 saturated heterocycles. The fraction of sp³-hybridized carbons (Fsp3) is 0.462. The lowest BCUT2D eigenvalue weighted by molar-refractivity contribution is -0.120. The van der Waals surface area contributed by atoms with Gasteiger partial charge in [-0.05, 0) is 31.0 Å². The van der Waals surface area contributed by atoms with Crippen molar-refractivity contribution in [2.75, 3.05) is 24.3 Å². The number of nitrogens with two attached hydrogens (primary N) is 1. The van der Waals surface area contributed by atoms with Gasteiger partial charge in [0.05, 0.1) is 18.4 Å². The number of alkyl halides is 3. The standard InChI is InChI=1S/C13H15F3N2O2/c1-20-12(19)10-6-8(17)2-5-11(10)18(9-3-4-9)7-13(14,15)16/h2,5-6,9H,3-4,7,17H2,1H3. The predicted octanol–water partition coefficient (Wildman–Crippen LogP) is 2.59. The fourth-order valence-corrected chi connectivity index (χ4v) is 2.07. The molecule has 1 saturated carbocycles. The Bertz CT molecular complexity index is 513. The van der Waals surface area contributed by atoms with Crippen molar-refractivity contribution in [2.24, 2.45) is 0 Å². The molecule has 7 heteroatoms. The molecule has 20 heavy (non-hydrogen) atoms. The van der Waals surface area contributed by atoms with Gasteiger partial charge < -0.3 is 15.4 Å². The smallest absolute Gasteiger partial charge is 0.405 e. The van der Waals surface area contributed by atoms with Crippen molar-refractivity contribution in [3.63, 3.8) is 0 Å². The third kappa shape index (κ3) is 3.34. The number of ether oxygens (including phenoxy) is 1. The first-order chi connectivity index (χ1) is 9.31. The average molecular weight is 288 g/mol. The molecule has 0 spiro atoms. The summed E-state index contributed by atoms with van der Waals surface area (Å²) >= 11 is 0. The third-order valence-corrected chi connectivity index (χ3v) is 3.07. The van der Waals surface area contributed by atoms with Crippen molar-refractivity contribution in [1.29, 1.82) is 0 Å². The summed E-state index contributed by atoms with van der Waals surface area (Å²) in [5.74, 6) is -0.694. The lowest BCUT2D eigenvalue weighted by atomic mass is 10.1. The highest BCUT2D eigenvalue weighted by Gasteiger charge is 2.39. The van der Waals surface area contributed by atoms with Crippen molar-refractivity contribution in [2.45, 2.75) is 25.1 Å². The molecule has 1 aromatic rings. The molecule has 1 aromatic carbocycles. The van der Waals surface area contributed by atoms with E-state index in [-0.39, 0.29) is 17.3 Å². The van der Waals surface area contributed by atoms with Gasteiger partial charge in [0.1, 0.15) is 6.54 Å². The van der Waals surface area contributed by atoms with E-state index in [4.69, 9.17) is 5.73 Å². The lowest BCUT2D eigenvalue weighted by Gasteiger charge is -2.27. The molecular formula is C13H15F3N2O2. The van der Waals surface area contributed by atoms with E-state index < -0.39 is 18.7 Å². The molecule has 110 valence electrons. The van der Waals surface area contributed by atoms with Gasteiger partial charge in [0.2, 0.25) is 0 Å². The van der Waals surface area contributed by atoms with Crippen LogP contribution in [0.5, 0.6) is 0 Å². The number of carbonyl (C=O) groups is 1. The quantitative estimate of drug-likeness (QED) is 0.683. The minimum atomic E-state index is -4.34. The van der Waals surface area contributed by atoms with Crippen LogP contribution in [0.4, 0.5) is 24.5 Å². The zero-order chi connectivity index (χ0) is 14.9. The first-order valence-electron chi connectivity index (χ1n) is 6.13. The zero-order valence-electron chi connectivity index (χ0n) is 10.9. The molecule has 0 heterocycles. The van der Waals surface area contributed by atoms with Crippen LogP contribution in [0.25, 0.3) is 0 Å². The zero-order valence-corrected chi connectivity index (χ0v) is 10.9. The van der Waals surface area contributed by atoms with Crippen LogP contribution < -0.4 is 10.6 Å². The lowest BCUT2D eigenvalue weighted by Crippen LogP contribution is -2.37. The molecule has 0 aliphatic heterocycles. The fourth-order valence-electron chi connectivity index (χ4n) is 2.07. The van der Waals surface area contributed by atoms with Gasteiger partial charge in [-0.25, -0.2) is 4.79 Å². The summed E-state index contributed by atoms with van der Waals surface area (Å²) < 4.78 is 42.7. The highest BCUT2D eigenvalue weighted by Crippen LogP contribution is 2.36. The number of hydrogen-bond donors (Lipinski definition) is 1. The van der Waals surface area contributed by atoms with Crippen LogP contribution in [0.3, 0.4) is 0 Å². The number of halogens is 3. The Morgan fingerprint density at radius 1 is 1.45 bits per heavy atom. The summed E-state index contributed by atoms with van der Waals surface area (Å²) in [4.78, 5) is 12.9. The highest BCUT2D eigenvalue weighted by molar-refractivity contribution is 5.97. The van der Waals surface area contributed by atoms with Crippen LogP contribution in [0.15, 0.2) is 18.2 Å². The number of hydrogen-bond acceptors (Lipinski definition) is 4. The molecule has 0 atom stereocenters. The van der Waals surface area contributed by atoms with Gasteiger partial charge in [-0.1, -0.05) is 0 Å². The summed E-state index contributed by atoms with van der Waals surface area (Å²) in [6.45, 7) is -1.09. The summed E-state index contributed by atoms with van der Waals surface area (Å²) in [7, 11) is 1.18. The van der Waals surface area contributed by atoms with Crippen LogP contribution in [-0.2, 0) is 4.74 Å². The van der Waals surface area contributed by atoms with Crippen molar-refractivity contribution >= 4 is 17.3 Å². The minimum Gasteiger partial charge on any atom is -0.465 e. The van der Waals surface area contributed by atoms with Gasteiger partial charge in [0.25, 0.3) is 0 Å². The average Bonchev–Trinajstić information content (AvgIpc) is 3.18. The maximum atomic E-state index is 12.7. The van der Waals surface area contributed by atoms with Crippen molar-refractivity contribution < 1.29 is 22.7 Å². The van der Waals surface area contributed by atoms with Crippen molar-refractivity contribution in [3.8, 4) is 0 Å². The van der Waals surface area contributed by atoms with Gasteiger partial charge in [-0.15, -0.1) is 0 Å². The number of nitrogen functional groups attached to an aromatic ring is 1. The summed E-state index contributed by atoms with van der Waals surface area (Å²) in [6, 6.07) is 4.06. The number of benzene rings is 1. The summed E-state index contributed by atoms with van der Waals surface area (Å²) in [5.41, 5.74) is 6.17. The molecule has 1 aliphatic rings. The second kappa shape index (κ2) is 5.22. The van der Waals surface area contributed by atoms with Gasteiger partial charge in [0, 0.05) is 11.7 Å². The minimum absolute atomic E-state index is 0.0589. The Balaban J connectivity index is 2.40. The van der Waals surface area contributed by atoms with Gasteiger partial charge in [-0.2, -0.15) is 13.2 Å². The molecule has 1 aliphatic carbocycles. The van der Waals surface area contributed by atoms with E-state index in [0.717, 1.165) is 0 Å². The van der Waals surface area contributed by atoms with Crippen molar-refractivity contribution in [3.05, 3.63) is 23.8 Å². The third-order valence-electron chi connectivity index (χ3n) is 3.07. The molecule has 4 nitrogen and oxygen atoms in total. The Morgan fingerprint density at radius 2 is 2.10 bits per heavy atom. The van der Waals surface area contributed by atoms with E-state index in [1.807, 2.05) is 0 Å². The van der Waals surface area contributed by atoms with Gasteiger partial charge >= 0.3 is 12.1 Å². The Labute approximate surface area is 114 Å². The second-order valence-electron chi connectivity index (χ2n) is 4.74. The van der Waals surface area contributed by atoms with Gasteiger partial charge in [-0.3, -0.25) is 0 Å². The Hall–Kier alpha value is -1.92. The van der Waals surface area contributed by atoms with Crippen LogP contribution in [0, 0.1) is 0 Å². The number of esters is 1. The molecule has 2 rings (SSSR count). The largest absolute Gasteiger partial charge is 0.465 e. The molecular weight excluding hydrogens is 273 g/mol. The van der Waals surface area contributed by atoms with E-state index in [2.05, 4.69) is 4.74 Å². The van der Waals surface area contributed by atoms with Crippen LogP contribution >= 0.6 is 0 Å². The molecule has 2 N–H and O–H groups in total. The summed E-state index contributed by atoms with van der Waals surface area (Å²) in [5, 5.41) is 0. The number of methoxy groups -OCH3 is 1. The van der Waals surface area contributed by atoms with Crippen LogP contribution in [-0.4, -0.2) is 31.8 Å². The van der Waals surface area contributed by atoms with E-state index >= 15 is 0 Å². The maximum Gasteiger partial charge on any atom is 0.405 e. The SMILES string of the molecule is COC(=O)c1cc(N)ccc1N(CC(F)(F)F)C1CC1. The predicted molar refractivity (Wildman–Crippen MR) is 68.6 cm³/mol. The van der Waals surface area contributed by atoms with Gasteiger partial charge in [0.15, 0.2) is 0 Å². The monoisotopic (exact) mass is 288 g/mol. The Kier molecular flexibility index (Phi) is 3.78. The number of nitrogens with zero attached hydrogens (tertiary/aromatic N) is 1. The maximum absolute atomic E-state index is 12.7. The number of carbonyl (C=O) groups excluding carboxylic acids is 1. The molecule has 0 aromatic heterocycles. The first-order valence-corrected chi connectivity index (χ1v) is 6.13. The summed E-state index contributed by atoms with van der Waals surface area (Å²) in [6.07, 6.45) is -2.97. The van der Waals surface area contributed by atoms with E-state index in [1.165, 1.54) is 30.2 Å². The topological polar surface area (TPSA) is 55.6 Å². The van der Waals surface area contributed by atoms with E-state index in [1.54, 1.807) is 0 Å². The molecule has 0 radical (unpaired) electrons. The molecule has 0 amide bonds. The second-order valence-corrected chi connectivity index (χ2v) is 4.74. The molecule has 0 unspecified atom stereocenters. The highest BCUT2D eigenvalue weighted by atomic mass is 19.4. The van der Waals surface area contributed by atoms with E-state index in [0.29, 0.717) is 18.5 Å². The van der Waals surface area contributed by atoms with Crippen LogP contribution in [0.2, 0.25) is 0 Å². The van der Waals surface area contributed by atoms with Crippen molar-refractivity contribution in [1.82, 2.24) is 0 Å².